The monoisotopic (exact) mass is 958 g/mol. The van der Waals surface area contributed by atoms with Gasteiger partial charge < -0.3 is 29.5 Å². The number of aryl methyl sites for hydroxylation is 3. The number of carbonyl (C=O) groups is 1. The average molecular weight is 958 g/mol. The summed E-state index contributed by atoms with van der Waals surface area (Å²) in [5.74, 6) is 0.150. The van der Waals surface area contributed by atoms with E-state index >= 15 is 0 Å². The maximum atomic E-state index is 13.4. The maximum Gasteiger partial charge on any atom is 0.253 e. The van der Waals surface area contributed by atoms with Crippen molar-refractivity contribution in [2.45, 2.75) is 80.7 Å². The highest BCUT2D eigenvalue weighted by Gasteiger charge is 2.22. The van der Waals surface area contributed by atoms with Gasteiger partial charge in [0.2, 0.25) is 0 Å². The van der Waals surface area contributed by atoms with E-state index in [1.165, 1.54) is 125 Å². The first-order valence-electron chi connectivity index (χ1n) is 26.9. The Hall–Kier alpha value is -5.35. The molecule has 3 fully saturated rings. The summed E-state index contributed by atoms with van der Waals surface area (Å²) in [6, 6.07) is 37.4. The zero-order valence-corrected chi connectivity index (χ0v) is 45.0. The van der Waals surface area contributed by atoms with Crippen molar-refractivity contribution in [2.75, 3.05) is 105 Å². The largest absolute Gasteiger partial charge is 0.345 e. The zero-order chi connectivity index (χ0) is 50.5. The SMILES string of the molecule is C/C=C\C.C=Cc1cc(CCN2CCNCC2)ccc1C.CC.Cc1c(C)n(CCCN2CCN(C)CC2)c2ccc(Cc3ccc(C(=O)N4CCN(CCc5ccc6ccccc6c5)CC4)cc3)cc12. The van der Waals surface area contributed by atoms with Crippen molar-refractivity contribution in [3.05, 3.63) is 172 Å². The molecule has 6 aromatic rings. The first-order valence-corrected chi connectivity index (χ1v) is 26.9. The molecule has 4 heterocycles. The van der Waals surface area contributed by atoms with E-state index in [1.54, 1.807) is 0 Å². The fourth-order valence-corrected chi connectivity index (χ4v) is 9.95. The van der Waals surface area contributed by atoms with Crippen LogP contribution in [0.25, 0.3) is 27.8 Å². The van der Waals surface area contributed by atoms with Crippen LogP contribution < -0.4 is 5.32 Å². The van der Waals surface area contributed by atoms with Crippen LogP contribution in [0.5, 0.6) is 0 Å². The number of rotatable bonds is 14. The van der Waals surface area contributed by atoms with Crippen molar-refractivity contribution in [1.82, 2.24) is 34.4 Å². The predicted octanol–water partition coefficient (Wildman–Crippen LogP) is 11.3. The van der Waals surface area contributed by atoms with E-state index in [0.29, 0.717) is 0 Å². The molecule has 9 rings (SSSR count). The lowest BCUT2D eigenvalue weighted by Gasteiger charge is -2.34. The minimum Gasteiger partial charge on any atom is -0.345 e. The molecule has 0 atom stereocenters. The number of piperazine rings is 3. The van der Waals surface area contributed by atoms with Crippen LogP contribution in [0, 0.1) is 20.8 Å². The van der Waals surface area contributed by atoms with Crippen LogP contribution in [0.3, 0.4) is 0 Å². The number of carbonyl (C=O) groups excluding carboxylic acids is 1. The standard InChI is InChI=1S/C42H51N5O.C15H22N2.C4H8.C2H6/c1-32-33(2)47(19-6-18-44-23-21-43(3)22-24-44)41-16-12-36(31-40(32)41)29-34-10-14-38(15-11-34)42(48)46-27-25-45(26-28-46)20-17-35-9-13-37-7-4-5-8-39(37)30-35;1-3-15-12-14(5-4-13(15)2)6-9-17-10-7-16-8-11-17;1-3-4-2;1-2/h4-5,7-16,30-31H,6,17-29H2,1-3H3;3-5,12,16H,1,6-11H2,2H3;3-4H,1-2H3;1-2H3/b;;4-3-;. The molecule has 1 aromatic heterocycles. The normalized spacial score (nSPS) is 16.0. The van der Waals surface area contributed by atoms with Gasteiger partial charge in [-0.15, -0.1) is 0 Å². The number of fused-ring (bicyclic) bond motifs is 2. The number of hydrogen-bond acceptors (Lipinski definition) is 6. The van der Waals surface area contributed by atoms with Gasteiger partial charge >= 0.3 is 0 Å². The lowest BCUT2D eigenvalue weighted by Crippen LogP contribution is -2.49. The van der Waals surface area contributed by atoms with E-state index in [0.717, 1.165) is 77.2 Å². The topological polar surface area (TPSA) is 50.2 Å². The third kappa shape index (κ3) is 16.1. The number of amides is 1. The minimum absolute atomic E-state index is 0.150. The van der Waals surface area contributed by atoms with Gasteiger partial charge in [-0.1, -0.05) is 118 Å². The number of aromatic nitrogens is 1. The van der Waals surface area contributed by atoms with Crippen molar-refractivity contribution >= 4 is 33.7 Å². The third-order valence-electron chi connectivity index (χ3n) is 14.8. The minimum atomic E-state index is 0.150. The summed E-state index contributed by atoms with van der Waals surface area (Å²) in [7, 11) is 2.22. The molecular weight excluding hydrogens is 871 g/mol. The van der Waals surface area contributed by atoms with Crippen molar-refractivity contribution in [3.63, 3.8) is 0 Å². The van der Waals surface area contributed by atoms with Crippen molar-refractivity contribution < 1.29 is 4.79 Å². The summed E-state index contributed by atoms with van der Waals surface area (Å²) in [5.41, 5.74) is 12.8. The van der Waals surface area contributed by atoms with E-state index in [2.05, 4.69) is 155 Å². The number of nitrogens with zero attached hydrogens (tertiary/aromatic N) is 6. The molecular formula is C63H87N7O. The first kappa shape index (κ1) is 55.0. The Bertz CT molecular complexity index is 2580. The first-order chi connectivity index (χ1) is 34.6. The Kier molecular flexibility index (Phi) is 22.2. The Morgan fingerprint density at radius 2 is 1.18 bits per heavy atom. The summed E-state index contributed by atoms with van der Waals surface area (Å²) >= 11 is 0. The zero-order valence-electron chi connectivity index (χ0n) is 45.0. The number of allylic oxidation sites excluding steroid dienone is 2. The fraction of sp³-hybridized carbons (Fsp3) is 0.444. The van der Waals surface area contributed by atoms with Crippen LogP contribution in [-0.4, -0.2) is 140 Å². The van der Waals surface area contributed by atoms with Gasteiger partial charge in [-0.05, 0) is 148 Å². The summed E-state index contributed by atoms with van der Waals surface area (Å²) in [6.07, 6.45) is 10.2. The molecule has 3 aliphatic rings. The third-order valence-corrected chi connectivity index (χ3v) is 14.8. The highest BCUT2D eigenvalue weighted by molar-refractivity contribution is 5.94. The molecule has 71 heavy (non-hydrogen) atoms. The second-order valence-electron chi connectivity index (χ2n) is 19.6. The highest BCUT2D eigenvalue weighted by atomic mass is 16.2. The molecule has 0 unspecified atom stereocenters. The maximum absolute atomic E-state index is 13.4. The van der Waals surface area contributed by atoms with Crippen LogP contribution in [0.1, 0.15) is 89.1 Å². The van der Waals surface area contributed by atoms with Gasteiger partial charge in [0.25, 0.3) is 5.91 Å². The molecule has 1 N–H and O–H groups in total. The van der Waals surface area contributed by atoms with Gasteiger partial charge in [0.05, 0.1) is 0 Å². The van der Waals surface area contributed by atoms with Crippen LogP contribution in [-0.2, 0) is 25.8 Å². The molecule has 5 aromatic carbocycles. The number of likely N-dealkylation sites (N-methyl/N-ethyl adjacent to an activating group) is 1. The van der Waals surface area contributed by atoms with Gasteiger partial charge in [0.1, 0.15) is 0 Å². The van der Waals surface area contributed by atoms with Crippen molar-refractivity contribution in [3.8, 4) is 0 Å². The molecule has 3 aliphatic heterocycles. The molecule has 0 spiro atoms. The summed E-state index contributed by atoms with van der Waals surface area (Å²) in [5, 5.41) is 7.35. The quantitative estimate of drug-likeness (QED) is 0.110. The summed E-state index contributed by atoms with van der Waals surface area (Å²) < 4.78 is 2.52. The van der Waals surface area contributed by atoms with E-state index in [-0.39, 0.29) is 5.91 Å². The van der Waals surface area contributed by atoms with Crippen molar-refractivity contribution in [1.29, 1.82) is 0 Å². The Morgan fingerprint density at radius 1 is 0.606 bits per heavy atom. The Morgan fingerprint density at radius 3 is 1.85 bits per heavy atom. The van der Waals surface area contributed by atoms with Gasteiger partial charge in [0, 0.05) is 120 Å². The number of hydrogen-bond donors (Lipinski definition) is 1. The smallest absolute Gasteiger partial charge is 0.253 e. The Labute approximate surface area is 429 Å². The van der Waals surface area contributed by atoms with Gasteiger partial charge in [-0.2, -0.15) is 0 Å². The summed E-state index contributed by atoms with van der Waals surface area (Å²) in [6.45, 7) is 35.7. The van der Waals surface area contributed by atoms with Crippen molar-refractivity contribution in [2.24, 2.45) is 0 Å². The molecule has 0 bridgehead atoms. The van der Waals surface area contributed by atoms with E-state index in [9.17, 15) is 4.79 Å². The van der Waals surface area contributed by atoms with Crippen LogP contribution in [0.4, 0.5) is 0 Å². The average Bonchev–Trinajstić information content (AvgIpc) is 3.65. The van der Waals surface area contributed by atoms with Gasteiger partial charge in [-0.3, -0.25) is 9.69 Å². The second kappa shape index (κ2) is 28.6. The summed E-state index contributed by atoms with van der Waals surface area (Å²) in [4.78, 5) is 25.5. The lowest BCUT2D eigenvalue weighted by molar-refractivity contribution is 0.0638. The van der Waals surface area contributed by atoms with Crippen LogP contribution in [0.2, 0.25) is 0 Å². The fourth-order valence-electron chi connectivity index (χ4n) is 9.95. The molecule has 1 amide bonds. The predicted molar refractivity (Wildman–Crippen MR) is 305 cm³/mol. The van der Waals surface area contributed by atoms with Crippen LogP contribution in [0.15, 0.2) is 122 Å². The molecule has 8 heteroatoms. The van der Waals surface area contributed by atoms with E-state index in [1.807, 2.05) is 63.0 Å². The molecule has 8 nitrogen and oxygen atoms in total. The number of benzene rings is 5. The lowest BCUT2D eigenvalue weighted by atomic mass is 10.0. The molecule has 3 saturated heterocycles. The molecule has 0 aliphatic carbocycles. The van der Waals surface area contributed by atoms with E-state index < -0.39 is 0 Å². The Balaban J connectivity index is 0.000000298. The van der Waals surface area contributed by atoms with Crippen LogP contribution >= 0.6 is 0 Å². The highest BCUT2D eigenvalue weighted by Crippen LogP contribution is 2.28. The van der Waals surface area contributed by atoms with Gasteiger partial charge in [0.15, 0.2) is 0 Å². The molecule has 0 saturated carbocycles. The molecule has 380 valence electrons. The van der Waals surface area contributed by atoms with Gasteiger partial charge in [-0.25, -0.2) is 0 Å². The second-order valence-corrected chi connectivity index (χ2v) is 19.6. The molecule has 0 radical (unpaired) electrons. The van der Waals surface area contributed by atoms with E-state index in [4.69, 9.17) is 0 Å². The number of nitrogens with one attached hydrogen (secondary N) is 1.